The van der Waals surface area contributed by atoms with Crippen LogP contribution >= 0.6 is 0 Å². The van der Waals surface area contributed by atoms with Crippen LogP contribution < -0.4 is 0 Å². The number of hydrogen-bond donors (Lipinski definition) is 0. The third-order valence-corrected chi connectivity index (χ3v) is 10.4. The first-order chi connectivity index (χ1) is 13.3. The SMILES string of the molecule is CC(C)[C@@H](C)C=C[C@@H](C)[C@H]1CC[C@H]2C3=C(CC[C@]12C)[C@@]1(C)CCCCC1CC3. The Morgan fingerprint density at radius 2 is 1.64 bits per heavy atom. The Hall–Kier alpha value is -0.520. The highest BCUT2D eigenvalue weighted by Crippen LogP contribution is 2.65. The molecule has 0 aromatic rings. The molecule has 0 spiro atoms. The Labute approximate surface area is 175 Å². The first kappa shape index (κ1) is 20.7. The van der Waals surface area contributed by atoms with Crippen molar-refractivity contribution in [3.8, 4) is 0 Å². The quantitative estimate of drug-likeness (QED) is 0.427. The van der Waals surface area contributed by atoms with Gasteiger partial charge in [-0.25, -0.2) is 0 Å². The second-order valence-corrected chi connectivity index (χ2v) is 12.0. The summed E-state index contributed by atoms with van der Waals surface area (Å²) in [6.07, 6.45) is 19.8. The van der Waals surface area contributed by atoms with Gasteiger partial charge in [0.15, 0.2) is 0 Å². The lowest BCUT2D eigenvalue weighted by Gasteiger charge is -2.54. The molecule has 0 saturated heterocycles. The monoisotopic (exact) mass is 382 g/mol. The van der Waals surface area contributed by atoms with E-state index >= 15 is 0 Å². The van der Waals surface area contributed by atoms with E-state index in [1.165, 1.54) is 64.2 Å². The van der Waals surface area contributed by atoms with E-state index in [4.69, 9.17) is 0 Å². The molecule has 1 unspecified atom stereocenters. The van der Waals surface area contributed by atoms with Gasteiger partial charge in [0.25, 0.3) is 0 Å². The van der Waals surface area contributed by atoms with Crippen molar-refractivity contribution in [3.63, 3.8) is 0 Å². The van der Waals surface area contributed by atoms with Crippen LogP contribution in [-0.4, -0.2) is 0 Å². The van der Waals surface area contributed by atoms with Crippen molar-refractivity contribution in [1.29, 1.82) is 0 Å². The molecule has 2 saturated carbocycles. The number of allylic oxidation sites excluding steroid dienone is 4. The van der Waals surface area contributed by atoms with Gasteiger partial charge in [0, 0.05) is 0 Å². The molecule has 0 heterocycles. The third-order valence-electron chi connectivity index (χ3n) is 10.4. The summed E-state index contributed by atoms with van der Waals surface area (Å²) in [6.45, 7) is 15.0. The smallest absolute Gasteiger partial charge is 0.00852 e. The molecule has 0 bridgehead atoms. The number of fused-ring (bicyclic) bond motifs is 4. The van der Waals surface area contributed by atoms with Crippen molar-refractivity contribution >= 4 is 0 Å². The molecule has 28 heavy (non-hydrogen) atoms. The van der Waals surface area contributed by atoms with Gasteiger partial charge in [-0.2, -0.15) is 0 Å². The van der Waals surface area contributed by atoms with Crippen molar-refractivity contribution in [1.82, 2.24) is 0 Å². The van der Waals surface area contributed by atoms with Crippen LogP contribution in [0.2, 0.25) is 0 Å². The van der Waals surface area contributed by atoms with Crippen molar-refractivity contribution in [2.75, 3.05) is 0 Å². The second kappa shape index (κ2) is 7.63. The highest BCUT2D eigenvalue weighted by Gasteiger charge is 2.55. The molecule has 0 heteroatoms. The molecule has 4 aliphatic carbocycles. The predicted molar refractivity (Wildman–Crippen MR) is 122 cm³/mol. The van der Waals surface area contributed by atoms with Gasteiger partial charge in [-0.15, -0.1) is 0 Å². The highest BCUT2D eigenvalue weighted by molar-refractivity contribution is 5.34. The average molecular weight is 383 g/mol. The summed E-state index contributed by atoms with van der Waals surface area (Å²) in [6, 6.07) is 0. The average Bonchev–Trinajstić information content (AvgIpc) is 3.02. The van der Waals surface area contributed by atoms with E-state index in [0.717, 1.165) is 29.6 Å². The van der Waals surface area contributed by atoms with Crippen LogP contribution in [0.1, 0.15) is 106 Å². The largest absolute Gasteiger partial charge is 0.0852 e. The highest BCUT2D eigenvalue weighted by atomic mass is 14.6. The normalized spacial score (nSPS) is 43.0. The Morgan fingerprint density at radius 1 is 0.857 bits per heavy atom. The molecular formula is C28H46. The van der Waals surface area contributed by atoms with Crippen molar-refractivity contribution < 1.29 is 0 Å². The molecule has 4 aliphatic rings. The Balaban J connectivity index is 1.57. The molecule has 7 atom stereocenters. The summed E-state index contributed by atoms with van der Waals surface area (Å²) in [5.74, 6) is 4.98. The summed E-state index contributed by atoms with van der Waals surface area (Å²) in [5, 5.41) is 0. The predicted octanol–water partition coefficient (Wildman–Crippen LogP) is 8.58. The molecule has 0 radical (unpaired) electrons. The van der Waals surface area contributed by atoms with E-state index in [9.17, 15) is 0 Å². The maximum absolute atomic E-state index is 2.69. The van der Waals surface area contributed by atoms with Crippen LogP contribution in [-0.2, 0) is 0 Å². The lowest BCUT2D eigenvalue weighted by molar-refractivity contribution is 0.0746. The zero-order chi connectivity index (χ0) is 20.1. The Morgan fingerprint density at radius 3 is 2.39 bits per heavy atom. The molecule has 158 valence electrons. The van der Waals surface area contributed by atoms with Crippen molar-refractivity contribution in [3.05, 3.63) is 23.3 Å². The molecule has 4 rings (SSSR count). The van der Waals surface area contributed by atoms with E-state index in [2.05, 4.69) is 53.7 Å². The zero-order valence-corrected chi connectivity index (χ0v) is 19.7. The fourth-order valence-corrected chi connectivity index (χ4v) is 8.10. The maximum atomic E-state index is 2.69. The lowest BCUT2D eigenvalue weighted by atomic mass is 9.51. The van der Waals surface area contributed by atoms with Gasteiger partial charge in [-0.05, 0) is 97.7 Å². The van der Waals surface area contributed by atoms with Gasteiger partial charge in [0.05, 0.1) is 0 Å². The maximum Gasteiger partial charge on any atom is -0.00852 e. The van der Waals surface area contributed by atoms with E-state index in [-0.39, 0.29) is 0 Å². The standard InChI is InChI=1S/C28H46/c1-19(2)20(3)10-11-21(4)24-14-15-25-23-13-12-22-9-7-8-17-27(22,5)26(23)16-18-28(24,25)6/h10-11,19-22,24-25H,7-9,12-18H2,1-6H3/t20-,21+,22?,24+,25-,27-,28+/m0/s1. The van der Waals surface area contributed by atoms with E-state index in [1.807, 2.05) is 11.1 Å². The second-order valence-electron chi connectivity index (χ2n) is 12.0. The van der Waals surface area contributed by atoms with Crippen LogP contribution in [0.5, 0.6) is 0 Å². The van der Waals surface area contributed by atoms with Gasteiger partial charge >= 0.3 is 0 Å². The molecule has 0 aromatic carbocycles. The molecular weight excluding hydrogens is 336 g/mol. The fourth-order valence-electron chi connectivity index (χ4n) is 8.10. The van der Waals surface area contributed by atoms with Crippen LogP contribution in [0, 0.1) is 46.3 Å². The van der Waals surface area contributed by atoms with Crippen LogP contribution in [0.15, 0.2) is 23.3 Å². The summed E-state index contributed by atoms with van der Waals surface area (Å²) < 4.78 is 0. The van der Waals surface area contributed by atoms with Gasteiger partial charge in [-0.1, -0.05) is 77.7 Å². The summed E-state index contributed by atoms with van der Waals surface area (Å²) in [5.41, 5.74) is 5.08. The minimum atomic E-state index is 0.557. The summed E-state index contributed by atoms with van der Waals surface area (Å²) in [4.78, 5) is 0. The molecule has 0 amide bonds. The first-order valence-electron chi connectivity index (χ1n) is 12.7. The van der Waals surface area contributed by atoms with Gasteiger partial charge < -0.3 is 0 Å². The van der Waals surface area contributed by atoms with E-state index in [0.29, 0.717) is 16.7 Å². The topological polar surface area (TPSA) is 0 Å². The van der Waals surface area contributed by atoms with Gasteiger partial charge in [-0.3, -0.25) is 0 Å². The fraction of sp³-hybridized carbons (Fsp3) is 0.857. The van der Waals surface area contributed by atoms with E-state index < -0.39 is 0 Å². The van der Waals surface area contributed by atoms with Crippen LogP contribution in [0.4, 0.5) is 0 Å². The third kappa shape index (κ3) is 3.26. The van der Waals surface area contributed by atoms with Crippen molar-refractivity contribution in [2.24, 2.45) is 46.3 Å². The lowest BCUT2D eigenvalue weighted by Crippen LogP contribution is -2.43. The van der Waals surface area contributed by atoms with Gasteiger partial charge in [0.1, 0.15) is 0 Å². The minimum absolute atomic E-state index is 0.557. The van der Waals surface area contributed by atoms with Gasteiger partial charge in [0.2, 0.25) is 0 Å². The first-order valence-corrected chi connectivity index (χ1v) is 12.7. The molecule has 2 fully saturated rings. The van der Waals surface area contributed by atoms with Crippen molar-refractivity contribution in [2.45, 2.75) is 106 Å². The Kier molecular flexibility index (Phi) is 5.65. The number of hydrogen-bond acceptors (Lipinski definition) is 0. The van der Waals surface area contributed by atoms with E-state index in [1.54, 1.807) is 0 Å². The van der Waals surface area contributed by atoms with Crippen LogP contribution in [0.25, 0.3) is 0 Å². The molecule has 0 aliphatic heterocycles. The molecule has 0 aromatic heterocycles. The Bertz CT molecular complexity index is 636. The molecule has 0 N–H and O–H groups in total. The summed E-state index contributed by atoms with van der Waals surface area (Å²) >= 11 is 0. The number of rotatable bonds is 4. The molecule has 0 nitrogen and oxygen atoms in total. The zero-order valence-electron chi connectivity index (χ0n) is 19.7. The summed E-state index contributed by atoms with van der Waals surface area (Å²) in [7, 11) is 0. The van der Waals surface area contributed by atoms with Crippen LogP contribution in [0.3, 0.4) is 0 Å². The minimum Gasteiger partial charge on any atom is -0.0852 e.